The summed E-state index contributed by atoms with van der Waals surface area (Å²) in [7, 11) is 1.74. The molecule has 0 aromatic rings. The average molecular weight is 509 g/mol. The van der Waals surface area contributed by atoms with Crippen LogP contribution in [0.2, 0.25) is 0 Å². The van der Waals surface area contributed by atoms with Crippen LogP contribution in [-0.4, -0.2) is 37.9 Å². The minimum Gasteiger partial charge on any atom is -0.462 e. The molecule has 1 atom stereocenters. The Morgan fingerprint density at radius 1 is 0.917 bits per heavy atom. The third kappa shape index (κ3) is 10.6. The number of rotatable bonds is 13. The predicted octanol–water partition coefficient (Wildman–Crippen LogP) is 7.91. The van der Waals surface area contributed by atoms with E-state index in [0.717, 1.165) is 38.5 Å². The van der Waals surface area contributed by atoms with E-state index in [1.165, 1.54) is 5.57 Å². The maximum Gasteiger partial charge on any atom is 0.306 e. The first-order chi connectivity index (χ1) is 16.3. The number of allylic oxidation sites excluding steroid dienone is 1. The molecule has 1 rings (SSSR count). The van der Waals surface area contributed by atoms with E-state index >= 15 is 0 Å². The van der Waals surface area contributed by atoms with Crippen molar-refractivity contribution in [2.75, 3.05) is 13.7 Å². The summed E-state index contributed by atoms with van der Waals surface area (Å²) >= 11 is 0. The SMILES string of the molecule is C=C(CCC)C(C)(C)CC(CC(C)(C)C)OC(=O)CCC(=O)OC1CC(C)(C)C(COC)C(C)(C)C1. The van der Waals surface area contributed by atoms with Crippen molar-refractivity contribution in [3.63, 3.8) is 0 Å². The zero-order valence-corrected chi connectivity index (χ0v) is 25.3. The Kier molecular flexibility index (Phi) is 11.7. The van der Waals surface area contributed by atoms with Gasteiger partial charge in [0.25, 0.3) is 0 Å². The smallest absolute Gasteiger partial charge is 0.306 e. The first-order valence-corrected chi connectivity index (χ1v) is 13.9. The van der Waals surface area contributed by atoms with Gasteiger partial charge in [-0.3, -0.25) is 9.59 Å². The molecule has 0 spiro atoms. The van der Waals surface area contributed by atoms with Gasteiger partial charge in [0.15, 0.2) is 0 Å². The van der Waals surface area contributed by atoms with Crippen molar-refractivity contribution in [2.24, 2.45) is 27.6 Å². The Morgan fingerprint density at radius 2 is 1.44 bits per heavy atom. The standard InChI is InChI=1S/C31H56O5/c1-13-14-22(2)29(6,7)18-23(17-28(3,4)5)35-26(32)15-16-27(33)36-24-19-30(8,9)25(21-34-12)31(10,11)20-24/h23-25H,2,13-21H2,1,3-12H3. The van der Waals surface area contributed by atoms with Gasteiger partial charge in [0.2, 0.25) is 0 Å². The Labute approximate surface area is 222 Å². The second-order valence-electron chi connectivity index (χ2n) is 14.3. The molecule has 1 aliphatic carbocycles. The van der Waals surface area contributed by atoms with Crippen LogP contribution in [0.15, 0.2) is 12.2 Å². The highest BCUT2D eigenvalue weighted by molar-refractivity contribution is 5.77. The van der Waals surface area contributed by atoms with Crippen LogP contribution in [0.1, 0.15) is 121 Å². The number of methoxy groups -OCH3 is 1. The van der Waals surface area contributed by atoms with Crippen LogP contribution in [0.25, 0.3) is 0 Å². The molecule has 210 valence electrons. The molecule has 0 heterocycles. The molecule has 1 aliphatic rings. The highest BCUT2D eigenvalue weighted by atomic mass is 16.6. The van der Waals surface area contributed by atoms with E-state index in [-0.39, 0.29) is 58.6 Å². The summed E-state index contributed by atoms with van der Waals surface area (Å²) in [6, 6.07) is 0. The molecule has 0 bridgehead atoms. The Balaban J connectivity index is 2.71. The van der Waals surface area contributed by atoms with E-state index in [4.69, 9.17) is 14.2 Å². The van der Waals surface area contributed by atoms with E-state index in [1.54, 1.807) is 7.11 Å². The van der Waals surface area contributed by atoms with Crippen LogP contribution in [0.4, 0.5) is 0 Å². The summed E-state index contributed by atoms with van der Waals surface area (Å²) in [5, 5.41) is 0. The van der Waals surface area contributed by atoms with Crippen LogP contribution in [-0.2, 0) is 23.8 Å². The molecular weight excluding hydrogens is 452 g/mol. The summed E-state index contributed by atoms with van der Waals surface area (Å²) in [6.07, 6.45) is 4.84. The lowest BCUT2D eigenvalue weighted by atomic mass is 9.56. The molecule has 1 fully saturated rings. The Hall–Kier alpha value is -1.36. The van der Waals surface area contributed by atoms with Gasteiger partial charge in [-0.1, -0.05) is 87.8 Å². The number of hydrogen-bond donors (Lipinski definition) is 0. The second-order valence-corrected chi connectivity index (χ2v) is 14.3. The molecule has 1 saturated carbocycles. The third-order valence-electron chi connectivity index (χ3n) is 7.94. The third-order valence-corrected chi connectivity index (χ3v) is 7.94. The molecule has 0 saturated heterocycles. The summed E-state index contributed by atoms with van der Waals surface area (Å²) in [6.45, 7) is 26.9. The topological polar surface area (TPSA) is 61.8 Å². The number of hydrogen-bond acceptors (Lipinski definition) is 5. The van der Waals surface area contributed by atoms with Gasteiger partial charge >= 0.3 is 11.9 Å². The van der Waals surface area contributed by atoms with Gasteiger partial charge in [-0.2, -0.15) is 0 Å². The number of carbonyl (C=O) groups excluding carboxylic acids is 2. The first kappa shape index (κ1) is 32.7. The first-order valence-electron chi connectivity index (χ1n) is 13.9. The van der Waals surface area contributed by atoms with Gasteiger partial charge < -0.3 is 14.2 Å². The normalized spacial score (nSPS) is 22.5. The summed E-state index contributed by atoms with van der Waals surface area (Å²) in [5.74, 6) is -0.266. The zero-order chi connectivity index (χ0) is 27.9. The van der Waals surface area contributed by atoms with E-state index in [9.17, 15) is 9.59 Å². The van der Waals surface area contributed by atoms with Crippen molar-refractivity contribution < 1.29 is 23.8 Å². The molecular formula is C31H56O5. The predicted molar refractivity (Wildman–Crippen MR) is 148 cm³/mol. The molecule has 0 radical (unpaired) electrons. The van der Waals surface area contributed by atoms with Gasteiger partial charge in [-0.15, -0.1) is 0 Å². The molecule has 0 aromatic heterocycles. The molecule has 5 nitrogen and oxygen atoms in total. The fourth-order valence-electron chi connectivity index (χ4n) is 6.18. The van der Waals surface area contributed by atoms with E-state index < -0.39 is 0 Å². The number of esters is 2. The molecule has 5 heteroatoms. The molecule has 0 N–H and O–H groups in total. The molecule has 36 heavy (non-hydrogen) atoms. The van der Waals surface area contributed by atoms with Crippen LogP contribution < -0.4 is 0 Å². The van der Waals surface area contributed by atoms with Crippen molar-refractivity contribution in [1.82, 2.24) is 0 Å². The highest BCUT2D eigenvalue weighted by Gasteiger charge is 2.48. The van der Waals surface area contributed by atoms with E-state index in [1.807, 2.05) is 0 Å². The zero-order valence-electron chi connectivity index (χ0n) is 25.3. The summed E-state index contributed by atoms with van der Waals surface area (Å²) < 4.78 is 17.3. The largest absolute Gasteiger partial charge is 0.462 e. The number of carbonyl (C=O) groups is 2. The molecule has 0 aliphatic heterocycles. The van der Waals surface area contributed by atoms with Gasteiger partial charge in [0, 0.05) is 7.11 Å². The van der Waals surface area contributed by atoms with Crippen molar-refractivity contribution in [2.45, 2.75) is 133 Å². The summed E-state index contributed by atoms with van der Waals surface area (Å²) in [4.78, 5) is 25.5. The minimum absolute atomic E-state index is 0.00357. The lowest BCUT2D eigenvalue weighted by Gasteiger charge is -2.51. The molecule has 0 aromatic carbocycles. The Morgan fingerprint density at radius 3 is 1.92 bits per heavy atom. The van der Waals surface area contributed by atoms with E-state index in [2.05, 4.69) is 75.8 Å². The van der Waals surface area contributed by atoms with Crippen LogP contribution in [0, 0.1) is 27.6 Å². The van der Waals surface area contributed by atoms with Gasteiger partial charge in [0.05, 0.1) is 19.4 Å². The van der Waals surface area contributed by atoms with Crippen LogP contribution in [0.5, 0.6) is 0 Å². The fraction of sp³-hybridized carbons (Fsp3) is 0.871. The minimum atomic E-state index is -0.331. The molecule has 1 unspecified atom stereocenters. The van der Waals surface area contributed by atoms with Crippen molar-refractivity contribution >= 4 is 11.9 Å². The van der Waals surface area contributed by atoms with E-state index in [0.29, 0.717) is 12.5 Å². The average Bonchev–Trinajstić information content (AvgIpc) is 2.67. The Bertz CT molecular complexity index is 723. The van der Waals surface area contributed by atoms with Crippen LogP contribution >= 0.6 is 0 Å². The van der Waals surface area contributed by atoms with Crippen molar-refractivity contribution in [1.29, 1.82) is 0 Å². The van der Waals surface area contributed by atoms with Crippen molar-refractivity contribution in [3.05, 3.63) is 12.2 Å². The van der Waals surface area contributed by atoms with Gasteiger partial charge in [-0.25, -0.2) is 0 Å². The lowest BCUT2D eigenvalue weighted by Crippen LogP contribution is -2.48. The number of ether oxygens (including phenoxy) is 3. The van der Waals surface area contributed by atoms with Gasteiger partial charge in [-0.05, 0) is 59.7 Å². The highest BCUT2D eigenvalue weighted by Crippen LogP contribution is 2.51. The molecule has 0 amide bonds. The van der Waals surface area contributed by atoms with Gasteiger partial charge in [0.1, 0.15) is 12.2 Å². The fourth-order valence-corrected chi connectivity index (χ4v) is 6.18. The maximum absolute atomic E-state index is 12.8. The van der Waals surface area contributed by atoms with Crippen molar-refractivity contribution in [3.8, 4) is 0 Å². The lowest BCUT2D eigenvalue weighted by molar-refractivity contribution is -0.165. The maximum atomic E-state index is 12.8. The summed E-state index contributed by atoms with van der Waals surface area (Å²) in [5.41, 5.74) is 1.08. The quantitative estimate of drug-likeness (QED) is 0.187. The second kappa shape index (κ2) is 12.9. The van der Waals surface area contributed by atoms with Crippen LogP contribution in [0.3, 0.4) is 0 Å². The monoisotopic (exact) mass is 508 g/mol.